The third kappa shape index (κ3) is 5.07. The van der Waals surface area contributed by atoms with E-state index in [2.05, 4.69) is 10.6 Å². The zero-order chi connectivity index (χ0) is 19.9. The van der Waals surface area contributed by atoms with Crippen LogP contribution in [-0.4, -0.2) is 90.7 Å². The Balaban J connectivity index is 1.58. The number of para-hydroxylation sites is 1. The normalized spacial score (nSPS) is 20.4. The number of hydrogen-bond donors (Lipinski definition) is 2. The number of piperazine rings is 2. The second-order valence-electron chi connectivity index (χ2n) is 6.93. The van der Waals surface area contributed by atoms with Gasteiger partial charge in [0.25, 0.3) is 0 Å². The summed E-state index contributed by atoms with van der Waals surface area (Å²) in [6, 6.07) is 8.18. The van der Waals surface area contributed by atoms with Gasteiger partial charge in [0.2, 0.25) is 24.1 Å². The summed E-state index contributed by atoms with van der Waals surface area (Å²) in [4.78, 5) is 53.4. The van der Waals surface area contributed by atoms with Crippen molar-refractivity contribution in [1.82, 2.24) is 20.0 Å². The molecular formula is C19H25N5O4. The number of carbonyl (C=O) groups excluding carboxylic acids is 4. The number of amides is 4. The second kappa shape index (κ2) is 9.32. The van der Waals surface area contributed by atoms with Crippen molar-refractivity contribution < 1.29 is 19.2 Å². The maximum Gasteiger partial charge on any atom is 0.243 e. The number of rotatable bonds is 6. The number of carbonyl (C=O) groups is 4. The highest BCUT2D eigenvalue weighted by atomic mass is 16.2. The van der Waals surface area contributed by atoms with E-state index in [4.69, 9.17) is 0 Å². The molecule has 2 N–H and O–H groups in total. The Morgan fingerprint density at radius 3 is 2.50 bits per heavy atom. The molecule has 3 rings (SSSR count). The first-order chi connectivity index (χ1) is 13.6. The highest BCUT2D eigenvalue weighted by Gasteiger charge is 2.35. The number of nitrogens with zero attached hydrogens (tertiary/aromatic N) is 3. The highest BCUT2D eigenvalue weighted by Crippen LogP contribution is 2.13. The number of hydrogen-bond acceptors (Lipinski definition) is 5. The van der Waals surface area contributed by atoms with E-state index in [1.54, 1.807) is 17.0 Å². The van der Waals surface area contributed by atoms with E-state index in [0.717, 1.165) is 6.41 Å². The average molecular weight is 387 g/mol. The molecule has 0 spiro atoms. The Labute approximate surface area is 163 Å². The average Bonchev–Trinajstić information content (AvgIpc) is 2.70. The molecule has 0 unspecified atom stereocenters. The molecule has 0 aliphatic carbocycles. The van der Waals surface area contributed by atoms with E-state index >= 15 is 0 Å². The van der Waals surface area contributed by atoms with Gasteiger partial charge in [0.15, 0.2) is 0 Å². The lowest BCUT2D eigenvalue weighted by atomic mass is 10.1. The first-order valence-electron chi connectivity index (χ1n) is 9.40. The lowest BCUT2D eigenvalue weighted by molar-refractivity contribution is -0.145. The van der Waals surface area contributed by atoms with Crippen molar-refractivity contribution in [2.24, 2.45) is 0 Å². The third-order valence-electron chi connectivity index (χ3n) is 5.00. The molecule has 2 aliphatic rings. The van der Waals surface area contributed by atoms with E-state index in [1.807, 2.05) is 23.1 Å². The molecule has 1 aromatic rings. The van der Waals surface area contributed by atoms with Gasteiger partial charge < -0.3 is 20.4 Å². The van der Waals surface area contributed by atoms with Gasteiger partial charge in [-0.25, -0.2) is 0 Å². The fraction of sp³-hybridized carbons (Fsp3) is 0.474. The van der Waals surface area contributed by atoms with Gasteiger partial charge in [-0.15, -0.1) is 0 Å². The molecule has 2 fully saturated rings. The SMILES string of the molecule is O=CN1CCN(CC(=O)N2CCNC(=O)[C@@H]2CC(=O)Nc2ccccc2)CC1. The summed E-state index contributed by atoms with van der Waals surface area (Å²) in [5.74, 6) is -0.800. The number of benzene rings is 1. The Morgan fingerprint density at radius 1 is 1.11 bits per heavy atom. The summed E-state index contributed by atoms with van der Waals surface area (Å²) in [5, 5.41) is 5.49. The molecule has 9 heteroatoms. The fourth-order valence-electron chi connectivity index (χ4n) is 3.43. The molecule has 28 heavy (non-hydrogen) atoms. The van der Waals surface area contributed by atoms with Crippen LogP contribution in [0.2, 0.25) is 0 Å². The fourth-order valence-corrected chi connectivity index (χ4v) is 3.43. The van der Waals surface area contributed by atoms with Crippen LogP contribution in [0, 0.1) is 0 Å². The number of nitrogens with one attached hydrogen (secondary N) is 2. The van der Waals surface area contributed by atoms with Crippen LogP contribution in [0.15, 0.2) is 30.3 Å². The molecule has 2 heterocycles. The monoisotopic (exact) mass is 387 g/mol. The maximum absolute atomic E-state index is 12.8. The summed E-state index contributed by atoms with van der Waals surface area (Å²) >= 11 is 0. The van der Waals surface area contributed by atoms with Crippen LogP contribution in [0.4, 0.5) is 5.69 Å². The van der Waals surface area contributed by atoms with Crippen LogP contribution in [0.3, 0.4) is 0 Å². The number of anilines is 1. The topological polar surface area (TPSA) is 102 Å². The van der Waals surface area contributed by atoms with Crippen molar-refractivity contribution in [3.05, 3.63) is 30.3 Å². The molecular weight excluding hydrogens is 362 g/mol. The van der Waals surface area contributed by atoms with Gasteiger partial charge in [0.05, 0.1) is 13.0 Å². The molecule has 0 bridgehead atoms. The van der Waals surface area contributed by atoms with Crippen LogP contribution < -0.4 is 10.6 Å². The van der Waals surface area contributed by atoms with E-state index in [9.17, 15) is 19.2 Å². The van der Waals surface area contributed by atoms with Gasteiger partial charge >= 0.3 is 0 Å². The molecule has 9 nitrogen and oxygen atoms in total. The molecule has 1 atom stereocenters. The molecule has 150 valence electrons. The Kier molecular flexibility index (Phi) is 6.59. The summed E-state index contributed by atoms with van der Waals surface area (Å²) in [5.41, 5.74) is 0.648. The van der Waals surface area contributed by atoms with Crippen LogP contribution in [0.5, 0.6) is 0 Å². The molecule has 1 aromatic carbocycles. The van der Waals surface area contributed by atoms with Crippen molar-refractivity contribution in [3.8, 4) is 0 Å². The Hall–Kier alpha value is -2.94. The zero-order valence-electron chi connectivity index (χ0n) is 15.7. The first-order valence-corrected chi connectivity index (χ1v) is 9.40. The van der Waals surface area contributed by atoms with Crippen molar-refractivity contribution in [2.45, 2.75) is 12.5 Å². The van der Waals surface area contributed by atoms with Crippen LogP contribution in [-0.2, 0) is 19.2 Å². The maximum atomic E-state index is 12.8. The molecule has 2 aliphatic heterocycles. The predicted octanol–water partition coefficient (Wildman–Crippen LogP) is -0.884. The smallest absolute Gasteiger partial charge is 0.243 e. The Bertz CT molecular complexity index is 718. The summed E-state index contributed by atoms with van der Waals surface area (Å²) in [6.45, 7) is 3.33. The van der Waals surface area contributed by atoms with Gasteiger partial charge in [-0.3, -0.25) is 24.1 Å². The summed E-state index contributed by atoms with van der Waals surface area (Å²) in [6.07, 6.45) is 0.723. The van der Waals surface area contributed by atoms with Gasteiger partial charge in [-0.1, -0.05) is 18.2 Å². The van der Waals surface area contributed by atoms with E-state index < -0.39 is 6.04 Å². The first kappa shape index (κ1) is 19.8. The van der Waals surface area contributed by atoms with Crippen molar-refractivity contribution in [1.29, 1.82) is 0 Å². The molecule has 0 radical (unpaired) electrons. The predicted molar refractivity (Wildman–Crippen MR) is 102 cm³/mol. The molecule has 4 amide bonds. The third-order valence-corrected chi connectivity index (χ3v) is 5.00. The van der Waals surface area contributed by atoms with Crippen LogP contribution in [0.1, 0.15) is 6.42 Å². The zero-order valence-corrected chi connectivity index (χ0v) is 15.7. The van der Waals surface area contributed by atoms with Crippen LogP contribution in [0.25, 0.3) is 0 Å². The minimum Gasteiger partial charge on any atom is -0.353 e. The van der Waals surface area contributed by atoms with Crippen LogP contribution >= 0.6 is 0 Å². The minimum atomic E-state index is -0.818. The summed E-state index contributed by atoms with van der Waals surface area (Å²) in [7, 11) is 0. The standard InChI is InChI=1S/C19H25N5O4/c25-14-23-10-8-22(9-11-23)13-18(27)24-7-6-20-19(28)16(24)12-17(26)21-15-4-2-1-3-5-15/h1-5,14,16H,6-13H2,(H,20,28)(H,21,26)/t16-/m0/s1. The van der Waals surface area contributed by atoms with Crippen molar-refractivity contribution >= 4 is 29.8 Å². The largest absolute Gasteiger partial charge is 0.353 e. The molecule has 2 saturated heterocycles. The minimum absolute atomic E-state index is 0.0919. The van der Waals surface area contributed by atoms with E-state index in [-0.39, 0.29) is 30.7 Å². The lowest BCUT2D eigenvalue weighted by Gasteiger charge is -2.37. The summed E-state index contributed by atoms with van der Waals surface area (Å²) < 4.78 is 0. The van der Waals surface area contributed by atoms with Gasteiger partial charge in [0.1, 0.15) is 6.04 Å². The highest BCUT2D eigenvalue weighted by molar-refractivity contribution is 5.97. The van der Waals surface area contributed by atoms with E-state index in [1.165, 1.54) is 4.90 Å². The lowest BCUT2D eigenvalue weighted by Crippen LogP contribution is -2.60. The molecule has 0 saturated carbocycles. The Morgan fingerprint density at radius 2 is 1.82 bits per heavy atom. The van der Waals surface area contributed by atoms with E-state index in [0.29, 0.717) is 45.0 Å². The van der Waals surface area contributed by atoms with Gasteiger partial charge in [-0.05, 0) is 12.1 Å². The quantitative estimate of drug-likeness (QED) is 0.617. The second-order valence-corrected chi connectivity index (χ2v) is 6.93. The van der Waals surface area contributed by atoms with Gasteiger partial charge in [-0.2, -0.15) is 0 Å². The molecule has 0 aromatic heterocycles. The van der Waals surface area contributed by atoms with Crippen molar-refractivity contribution in [3.63, 3.8) is 0 Å². The van der Waals surface area contributed by atoms with Crippen molar-refractivity contribution in [2.75, 3.05) is 51.1 Å². The van der Waals surface area contributed by atoms with Gasteiger partial charge in [0, 0.05) is 45.0 Å².